The minimum Gasteiger partial charge on any atom is -0.416 e. The van der Waals surface area contributed by atoms with E-state index in [2.05, 4.69) is 89.3 Å². The third-order valence-electron chi connectivity index (χ3n) is 5.22. The van der Waals surface area contributed by atoms with Crippen molar-refractivity contribution in [3.05, 3.63) is 0 Å². The zero-order valence-electron chi connectivity index (χ0n) is 21.1. The van der Waals surface area contributed by atoms with Crippen molar-refractivity contribution in [3.8, 4) is 0 Å². The molecule has 0 spiro atoms. The van der Waals surface area contributed by atoms with E-state index in [4.69, 9.17) is 12.3 Å². The Labute approximate surface area is 184 Å². The van der Waals surface area contributed by atoms with Gasteiger partial charge in [-0.2, -0.15) is 0 Å². The highest BCUT2D eigenvalue weighted by Crippen LogP contribution is 2.44. The van der Waals surface area contributed by atoms with E-state index in [-0.39, 0.29) is 4.78 Å². The summed E-state index contributed by atoms with van der Waals surface area (Å²) in [4.78, 5) is 0. The smallest absolute Gasteiger partial charge is 0.416 e. The normalized spacial score (nSPS) is 15.8. The molecule has 8 heteroatoms. The SMILES string of the molecule is CCCC(CC)C[Si](C)(C)O[Si](O[Si](C)(C)C)(O[Si](C)(C)C)C(P)(CC)CC. The van der Waals surface area contributed by atoms with E-state index < -0.39 is 33.8 Å². The van der Waals surface area contributed by atoms with Gasteiger partial charge < -0.3 is 12.3 Å². The van der Waals surface area contributed by atoms with Crippen LogP contribution in [0.5, 0.6) is 0 Å². The summed E-state index contributed by atoms with van der Waals surface area (Å²) < 4.78 is 21.3. The molecular weight excluding hydrogens is 432 g/mol. The second-order valence-electron chi connectivity index (χ2n) is 11.0. The molecular formula is C20H51O3PSi4. The van der Waals surface area contributed by atoms with Gasteiger partial charge in [0.15, 0.2) is 25.0 Å². The van der Waals surface area contributed by atoms with Gasteiger partial charge in [-0.3, -0.25) is 0 Å². The molecule has 0 N–H and O–H groups in total. The van der Waals surface area contributed by atoms with Crippen molar-refractivity contribution >= 4 is 43.0 Å². The summed E-state index contributed by atoms with van der Waals surface area (Å²) in [5, 5.41) is 0. The minimum absolute atomic E-state index is 0.107. The Hall–Kier alpha value is 1.18. The summed E-state index contributed by atoms with van der Waals surface area (Å²) in [6, 6.07) is 1.20. The molecule has 0 aliphatic rings. The van der Waals surface area contributed by atoms with Crippen LogP contribution >= 0.6 is 9.24 Å². The Kier molecular flexibility index (Phi) is 11.6. The molecule has 0 aromatic carbocycles. The monoisotopic (exact) mass is 482 g/mol. The minimum atomic E-state index is -2.91. The van der Waals surface area contributed by atoms with Gasteiger partial charge in [-0.15, -0.1) is 9.24 Å². The van der Waals surface area contributed by atoms with E-state index in [1.807, 2.05) is 0 Å². The Morgan fingerprint density at radius 3 is 1.46 bits per heavy atom. The maximum absolute atomic E-state index is 7.29. The van der Waals surface area contributed by atoms with Crippen LogP contribution in [0.4, 0.5) is 0 Å². The molecule has 0 aromatic heterocycles. The standard InChI is InChI=1S/C20H51O3PSi4/c1-13-17-19(14-2)18-27(11,12)23-28(21-25(5,6)7,22-26(8,9)10)20(24,15-3)16-4/h19H,13-18,24H2,1-12H3. The van der Waals surface area contributed by atoms with Gasteiger partial charge >= 0.3 is 8.80 Å². The van der Waals surface area contributed by atoms with E-state index in [1.54, 1.807) is 0 Å². The van der Waals surface area contributed by atoms with Crippen molar-refractivity contribution in [1.29, 1.82) is 0 Å². The Morgan fingerprint density at radius 2 is 1.18 bits per heavy atom. The molecule has 0 bridgehead atoms. The molecule has 0 aliphatic heterocycles. The molecule has 0 aliphatic carbocycles. The van der Waals surface area contributed by atoms with Crippen LogP contribution in [-0.4, -0.2) is 38.5 Å². The highest BCUT2D eigenvalue weighted by molar-refractivity contribution is 7.26. The highest BCUT2D eigenvalue weighted by atomic mass is 31.0. The van der Waals surface area contributed by atoms with Crippen molar-refractivity contribution in [1.82, 2.24) is 0 Å². The molecule has 2 atom stereocenters. The van der Waals surface area contributed by atoms with Crippen molar-refractivity contribution < 1.29 is 12.3 Å². The van der Waals surface area contributed by atoms with E-state index in [0.29, 0.717) is 0 Å². The fourth-order valence-electron chi connectivity index (χ4n) is 3.82. The summed E-state index contributed by atoms with van der Waals surface area (Å²) in [7, 11) is -5.43. The van der Waals surface area contributed by atoms with Crippen molar-refractivity contribution in [2.75, 3.05) is 0 Å². The first-order valence-electron chi connectivity index (χ1n) is 11.4. The second-order valence-corrected chi connectivity index (χ2v) is 29.6. The maximum atomic E-state index is 7.29. The first-order chi connectivity index (χ1) is 12.5. The maximum Gasteiger partial charge on any atom is 0.480 e. The molecule has 28 heavy (non-hydrogen) atoms. The summed E-state index contributed by atoms with van der Waals surface area (Å²) in [6.45, 7) is 27.6. The van der Waals surface area contributed by atoms with Gasteiger partial charge in [-0.25, -0.2) is 0 Å². The van der Waals surface area contributed by atoms with Crippen molar-refractivity contribution in [3.63, 3.8) is 0 Å². The average Bonchev–Trinajstić information content (AvgIpc) is 2.49. The van der Waals surface area contributed by atoms with Crippen molar-refractivity contribution in [2.45, 2.75) is 123 Å². The zero-order valence-corrected chi connectivity index (χ0v) is 26.3. The molecule has 0 saturated heterocycles. The number of hydrogen-bond acceptors (Lipinski definition) is 3. The van der Waals surface area contributed by atoms with Crippen LogP contribution in [0.3, 0.4) is 0 Å². The van der Waals surface area contributed by atoms with Gasteiger partial charge in [-0.05, 0) is 77.2 Å². The average molecular weight is 483 g/mol. The van der Waals surface area contributed by atoms with Crippen LogP contribution < -0.4 is 0 Å². The van der Waals surface area contributed by atoms with Gasteiger partial charge in [0.1, 0.15) is 0 Å². The van der Waals surface area contributed by atoms with Gasteiger partial charge in [0.2, 0.25) is 0 Å². The van der Waals surface area contributed by atoms with Crippen LogP contribution in [0, 0.1) is 5.92 Å². The zero-order chi connectivity index (χ0) is 22.4. The summed E-state index contributed by atoms with van der Waals surface area (Å²) in [6.07, 6.45) is 5.79. The van der Waals surface area contributed by atoms with Crippen molar-refractivity contribution in [2.24, 2.45) is 5.92 Å². The molecule has 3 nitrogen and oxygen atoms in total. The van der Waals surface area contributed by atoms with Gasteiger partial charge in [0.05, 0.1) is 4.78 Å². The highest BCUT2D eigenvalue weighted by Gasteiger charge is 2.61. The van der Waals surface area contributed by atoms with Crippen LogP contribution in [0.25, 0.3) is 0 Å². The lowest BCUT2D eigenvalue weighted by atomic mass is 10.0. The molecule has 170 valence electrons. The molecule has 0 saturated carbocycles. The third kappa shape index (κ3) is 9.54. The van der Waals surface area contributed by atoms with Crippen LogP contribution in [-0.2, 0) is 12.3 Å². The topological polar surface area (TPSA) is 27.7 Å². The fourth-order valence-corrected chi connectivity index (χ4v) is 21.9. The predicted octanol–water partition coefficient (Wildman–Crippen LogP) is 7.65. The van der Waals surface area contributed by atoms with Gasteiger partial charge in [-0.1, -0.05) is 47.0 Å². The lowest BCUT2D eigenvalue weighted by Crippen LogP contribution is -2.70. The number of rotatable bonds is 14. The number of hydrogen-bond donors (Lipinski definition) is 0. The van der Waals surface area contributed by atoms with Crippen LogP contribution in [0.1, 0.15) is 59.8 Å². The second kappa shape index (κ2) is 11.2. The first-order valence-corrected chi connectivity index (χ1v) is 23.6. The quantitative estimate of drug-likeness (QED) is 0.188. The van der Waals surface area contributed by atoms with E-state index >= 15 is 0 Å². The van der Waals surface area contributed by atoms with Gasteiger partial charge in [0, 0.05) is 0 Å². The lowest BCUT2D eigenvalue weighted by Gasteiger charge is -2.51. The molecule has 0 rings (SSSR count). The van der Waals surface area contributed by atoms with E-state index in [9.17, 15) is 0 Å². The molecule has 0 amide bonds. The molecule has 0 radical (unpaired) electrons. The summed E-state index contributed by atoms with van der Waals surface area (Å²) >= 11 is 0. The molecule has 0 aromatic rings. The van der Waals surface area contributed by atoms with Gasteiger partial charge in [0.25, 0.3) is 0 Å². The Bertz CT molecular complexity index is 441. The Morgan fingerprint density at radius 1 is 0.750 bits per heavy atom. The largest absolute Gasteiger partial charge is 0.480 e. The lowest BCUT2D eigenvalue weighted by molar-refractivity contribution is 0.221. The Balaban J connectivity index is 6.23. The molecule has 0 heterocycles. The summed E-state index contributed by atoms with van der Waals surface area (Å²) in [5.74, 6) is 0.749. The predicted molar refractivity (Wildman–Crippen MR) is 140 cm³/mol. The van der Waals surface area contributed by atoms with Crippen LogP contribution in [0.2, 0.25) is 58.4 Å². The molecule has 2 unspecified atom stereocenters. The van der Waals surface area contributed by atoms with E-state index in [1.165, 1.54) is 25.3 Å². The van der Waals surface area contributed by atoms with E-state index in [0.717, 1.165) is 18.8 Å². The molecule has 0 fully saturated rings. The fraction of sp³-hybridized carbons (Fsp3) is 1.00. The third-order valence-corrected chi connectivity index (χ3v) is 20.9. The first kappa shape index (κ1) is 29.2. The summed E-state index contributed by atoms with van der Waals surface area (Å²) in [5.41, 5.74) is 0. The van der Waals surface area contributed by atoms with Crippen LogP contribution in [0.15, 0.2) is 0 Å².